The Kier molecular flexibility index (Phi) is 4.73. The zero-order chi connectivity index (χ0) is 14.5. The third kappa shape index (κ3) is 2.98. The average Bonchev–Trinajstić information content (AvgIpc) is 2.46. The van der Waals surface area contributed by atoms with Crippen LogP contribution in [-0.2, 0) is 0 Å². The van der Waals surface area contributed by atoms with Crippen LogP contribution in [0.1, 0.15) is 43.9 Å². The van der Waals surface area contributed by atoms with Gasteiger partial charge in [0.05, 0.1) is 0 Å². The molecule has 1 unspecified atom stereocenters. The molecule has 1 aromatic carbocycles. The Hall–Kier alpha value is -1.89. The standard InChI is InChI=1S/C19H23N/c1-5-7-16(6-2)17-9-8-14(3)18(12-17)19-13-20-11-10-15(19)4/h5-9,11-13,15H,10H2,1-4H3/b7-5-,16-6+. The monoisotopic (exact) mass is 265 g/mol. The second-order valence-electron chi connectivity index (χ2n) is 5.33. The smallest absolute Gasteiger partial charge is 0.0304 e. The highest BCUT2D eigenvalue weighted by atomic mass is 14.7. The van der Waals surface area contributed by atoms with E-state index in [0.717, 1.165) is 6.42 Å². The molecular weight excluding hydrogens is 242 g/mol. The fourth-order valence-electron chi connectivity index (χ4n) is 2.59. The van der Waals surface area contributed by atoms with Gasteiger partial charge in [0, 0.05) is 12.4 Å². The van der Waals surface area contributed by atoms with Crippen LogP contribution in [0, 0.1) is 12.8 Å². The van der Waals surface area contributed by atoms with Crippen molar-refractivity contribution in [3.05, 3.63) is 59.3 Å². The van der Waals surface area contributed by atoms with Gasteiger partial charge in [-0.3, -0.25) is 4.99 Å². The summed E-state index contributed by atoms with van der Waals surface area (Å²) in [6.07, 6.45) is 11.5. The lowest BCUT2D eigenvalue weighted by atomic mass is 9.87. The van der Waals surface area contributed by atoms with E-state index in [0.29, 0.717) is 5.92 Å². The molecule has 1 aliphatic heterocycles. The van der Waals surface area contributed by atoms with Gasteiger partial charge in [0.2, 0.25) is 0 Å². The lowest BCUT2D eigenvalue weighted by molar-refractivity contribution is 0.787. The molecule has 0 bridgehead atoms. The van der Waals surface area contributed by atoms with Crippen molar-refractivity contribution in [2.75, 3.05) is 0 Å². The molecule has 0 spiro atoms. The Bertz CT molecular complexity index is 600. The Balaban J connectivity index is 2.49. The minimum atomic E-state index is 0.539. The van der Waals surface area contributed by atoms with E-state index in [1.54, 1.807) is 0 Å². The molecule has 104 valence electrons. The summed E-state index contributed by atoms with van der Waals surface area (Å²) in [5, 5.41) is 0. The van der Waals surface area contributed by atoms with E-state index in [-0.39, 0.29) is 0 Å². The molecule has 1 atom stereocenters. The largest absolute Gasteiger partial charge is 0.269 e. The van der Waals surface area contributed by atoms with E-state index in [4.69, 9.17) is 0 Å². The summed E-state index contributed by atoms with van der Waals surface area (Å²) in [6, 6.07) is 6.71. The highest BCUT2D eigenvalue weighted by Crippen LogP contribution is 2.32. The number of nitrogens with zero attached hydrogens (tertiary/aromatic N) is 1. The molecule has 20 heavy (non-hydrogen) atoms. The van der Waals surface area contributed by atoms with Crippen LogP contribution in [-0.4, -0.2) is 6.21 Å². The quantitative estimate of drug-likeness (QED) is 0.646. The number of hydrogen-bond acceptors (Lipinski definition) is 1. The van der Waals surface area contributed by atoms with Crippen molar-refractivity contribution >= 4 is 17.4 Å². The highest BCUT2D eigenvalue weighted by molar-refractivity contribution is 5.81. The minimum absolute atomic E-state index is 0.539. The van der Waals surface area contributed by atoms with E-state index in [1.165, 1.54) is 27.8 Å². The van der Waals surface area contributed by atoms with Gasteiger partial charge in [-0.2, -0.15) is 0 Å². The van der Waals surface area contributed by atoms with Crippen molar-refractivity contribution < 1.29 is 0 Å². The van der Waals surface area contributed by atoms with Gasteiger partial charge in [-0.1, -0.05) is 37.3 Å². The van der Waals surface area contributed by atoms with Crippen LogP contribution in [0.3, 0.4) is 0 Å². The first-order valence-electron chi connectivity index (χ1n) is 7.29. The number of aryl methyl sites for hydroxylation is 1. The summed E-state index contributed by atoms with van der Waals surface area (Å²) in [6.45, 7) is 8.59. The Morgan fingerprint density at radius 2 is 2.10 bits per heavy atom. The molecule has 0 fully saturated rings. The maximum absolute atomic E-state index is 4.34. The van der Waals surface area contributed by atoms with Crippen LogP contribution >= 0.6 is 0 Å². The molecule has 1 heterocycles. The fraction of sp³-hybridized carbons (Fsp3) is 0.316. The topological polar surface area (TPSA) is 12.4 Å². The SMILES string of the molecule is C/C=C\C(=C/C)c1ccc(C)c(C2=CN=CCC2C)c1. The number of allylic oxidation sites excluding steroid dienone is 5. The van der Waals surface area contributed by atoms with E-state index >= 15 is 0 Å². The molecule has 1 aromatic rings. The molecule has 1 aliphatic rings. The van der Waals surface area contributed by atoms with Gasteiger partial charge in [0.1, 0.15) is 0 Å². The van der Waals surface area contributed by atoms with Gasteiger partial charge in [0.15, 0.2) is 0 Å². The maximum atomic E-state index is 4.34. The van der Waals surface area contributed by atoms with Crippen LogP contribution in [0.2, 0.25) is 0 Å². The molecular formula is C19H23N. The first kappa shape index (κ1) is 14.5. The van der Waals surface area contributed by atoms with E-state index < -0.39 is 0 Å². The summed E-state index contributed by atoms with van der Waals surface area (Å²) >= 11 is 0. The minimum Gasteiger partial charge on any atom is -0.269 e. The third-order valence-corrected chi connectivity index (χ3v) is 3.85. The summed E-state index contributed by atoms with van der Waals surface area (Å²) in [4.78, 5) is 4.34. The predicted molar refractivity (Wildman–Crippen MR) is 89.9 cm³/mol. The number of hydrogen-bond donors (Lipinski definition) is 0. The molecule has 2 rings (SSSR count). The highest BCUT2D eigenvalue weighted by Gasteiger charge is 2.15. The fourth-order valence-corrected chi connectivity index (χ4v) is 2.59. The first-order chi connectivity index (χ1) is 9.67. The van der Waals surface area contributed by atoms with Gasteiger partial charge < -0.3 is 0 Å². The van der Waals surface area contributed by atoms with Crippen molar-refractivity contribution in [2.24, 2.45) is 10.9 Å². The van der Waals surface area contributed by atoms with E-state index in [1.807, 2.05) is 12.4 Å². The first-order valence-corrected chi connectivity index (χ1v) is 7.29. The summed E-state index contributed by atoms with van der Waals surface area (Å²) in [5.74, 6) is 0.539. The van der Waals surface area contributed by atoms with E-state index in [2.05, 4.69) is 69.1 Å². The number of benzene rings is 1. The van der Waals surface area contributed by atoms with Crippen molar-refractivity contribution in [3.63, 3.8) is 0 Å². The number of rotatable bonds is 3. The van der Waals surface area contributed by atoms with Crippen LogP contribution in [0.4, 0.5) is 0 Å². The van der Waals surface area contributed by atoms with Gasteiger partial charge >= 0.3 is 0 Å². The van der Waals surface area contributed by atoms with Gasteiger partial charge in [-0.05, 0) is 67.0 Å². The maximum Gasteiger partial charge on any atom is 0.0304 e. The second-order valence-corrected chi connectivity index (χ2v) is 5.33. The third-order valence-electron chi connectivity index (χ3n) is 3.85. The van der Waals surface area contributed by atoms with Crippen LogP contribution < -0.4 is 0 Å². The van der Waals surface area contributed by atoms with Gasteiger partial charge in [-0.15, -0.1) is 0 Å². The van der Waals surface area contributed by atoms with Crippen molar-refractivity contribution in [3.8, 4) is 0 Å². The van der Waals surface area contributed by atoms with Crippen LogP contribution in [0.15, 0.2) is 47.6 Å². The van der Waals surface area contributed by atoms with Crippen LogP contribution in [0.5, 0.6) is 0 Å². The predicted octanol–water partition coefficient (Wildman–Crippen LogP) is 5.43. The molecule has 0 saturated heterocycles. The Labute approximate surface area is 122 Å². The van der Waals surface area contributed by atoms with Crippen molar-refractivity contribution in [1.82, 2.24) is 0 Å². The molecule has 1 heteroatoms. The summed E-state index contributed by atoms with van der Waals surface area (Å²) < 4.78 is 0. The van der Waals surface area contributed by atoms with Gasteiger partial charge in [-0.25, -0.2) is 0 Å². The molecule has 0 saturated carbocycles. The zero-order valence-electron chi connectivity index (χ0n) is 12.9. The molecule has 0 radical (unpaired) electrons. The Morgan fingerprint density at radius 1 is 1.30 bits per heavy atom. The molecule has 1 nitrogen and oxygen atoms in total. The Morgan fingerprint density at radius 3 is 2.75 bits per heavy atom. The van der Waals surface area contributed by atoms with Crippen LogP contribution in [0.25, 0.3) is 11.1 Å². The van der Waals surface area contributed by atoms with E-state index in [9.17, 15) is 0 Å². The lowest BCUT2D eigenvalue weighted by Crippen LogP contribution is -2.05. The van der Waals surface area contributed by atoms with Gasteiger partial charge in [0.25, 0.3) is 0 Å². The number of aliphatic imine (C=N–C) groups is 1. The molecule has 0 aromatic heterocycles. The normalized spacial score (nSPS) is 19.5. The molecule has 0 amide bonds. The summed E-state index contributed by atoms with van der Waals surface area (Å²) in [5.41, 5.74) is 6.54. The molecule has 0 aliphatic carbocycles. The summed E-state index contributed by atoms with van der Waals surface area (Å²) in [7, 11) is 0. The van der Waals surface area contributed by atoms with Crippen molar-refractivity contribution in [2.45, 2.75) is 34.1 Å². The lowest BCUT2D eigenvalue weighted by Gasteiger charge is -2.19. The molecule has 0 N–H and O–H groups in total. The van der Waals surface area contributed by atoms with Crippen molar-refractivity contribution in [1.29, 1.82) is 0 Å². The zero-order valence-corrected chi connectivity index (χ0v) is 12.9. The second kappa shape index (κ2) is 6.51. The average molecular weight is 265 g/mol.